The van der Waals surface area contributed by atoms with Gasteiger partial charge in [-0.1, -0.05) is 111 Å². The van der Waals surface area contributed by atoms with Crippen molar-refractivity contribution >= 4 is 39.2 Å². The number of carbonyl (C=O) groups is 2. The second-order valence-electron chi connectivity index (χ2n) is 13.5. The quantitative estimate of drug-likeness (QED) is 0.119. The van der Waals surface area contributed by atoms with E-state index in [4.69, 9.17) is 16.2 Å². The predicted octanol–water partition coefficient (Wildman–Crippen LogP) is 8.86. The van der Waals surface area contributed by atoms with E-state index in [0.29, 0.717) is 22.7 Å². The average Bonchev–Trinajstić information content (AvgIpc) is 3.08. The van der Waals surface area contributed by atoms with Gasteiger partial charge >= 0.3 is 0 Å². The van der Waals surface area contributed by atoms with Gasteiger partial charge < -0.3 is 10.6 Å². The molecular formula is C41H41ClN2O5S. The molecule has 0 fully saturated rings. The summed E-state index contributed by atoms with van der Waals surface area (Å²) >= 11 is 6.21. The number of hydrogen-bond acceptors (Lipinski definition) is 4. The van der Waals surface area contributed by atoms with Crippen LogP contribution >= 0.6 is 11.6 Å². The van der Waals surface area contributed by atoms with Gasteiger partial charge in [-0.25, -0.2) is 0 Å². The zero-order valence-electron chi connectivity index (χ0n) is 28.5. The zero-order valence-corrected chi connectivity index (χ0v) is 30.1. The molecule has 0 aliphatic rings. The second-order valence-corrected chi connectivity index (χ2v) is 15.5. The van der Waals surface area contributed by atoms with Gasteiger partial charge in [0.05, 0.1) is 11.7 Å². The van der Waals surface area contributed by atoms with Crippen molar-refractivity contribution in [2.75, 3.05) is 17.6 Å². The van der Waals surface area contributed by atoms with Crippen LogP contribution in [0.25, 0.3) is 22.3 Å². The Hall–Kier alpha value is -4.76. The molecule has 5 aromatic rings. The summed E-state index contributed by atoms with van der Waals surface area (Å²) in [5.41, 5.74) is 9.17. The van der Waals surface area contributed by atoms with E-state index < -0.39 is 27.7 Å². The van der Waals surface area contributed by atoms with Crippen molar-refractivity contribution < 1.29 is 22.6 Å². The number of aryl methyl sites for hydroxylation is 1. The maximum absolute atomic E-state index is 14.0. The van der Waals surface area contributed by atoms with Crippen LogP contribution in [0.1, 0.15) is 59.3 Å². The molecule has 0 heterocycles. The Balaban J connectivity index is 1.36. The third kappa shape index (κ3) is 9.69. The molecule has 0 bridgehead atoms. The van der Waals surface area contributed by atoms with Gasteiger partial charge in [0.2, 0.25) is 5.91 Å². The lowest BCUT2D eigenvalue weighted by molar-refractivity contribution is -0.117. The largest absolute Gasteiger partial charge is 0.351 e. The highest BCUT2D eigenvalue weighted by molar-refractivity contribution is 7.85. The fraction of sp³-hybridized carbons (Fsp3) is 0.220. The van der Waals surface area contributed by atoms with Crippen LogP contribution in [0.4, 0.5) is 5.69 Å². The Kier molecular flexibility index (Phi) is 11.3. The van der Waals surface area contributed by atoms with Crippen LogP contribution in [-0.2, 0) is 26.7 Å². The fourth-order valence-electron chi connectivity index (χ4n) is 5.66. The Morgan fingerprint density at radius 2 is 1.30 bits per heavy atom. The number of benzene rings is 5. The first-order chi connectivity index (χ1) is 23.7. The number of hydrogen-bond donors (Lipinski definition) is 3. The van der Waals surface area contributed by atoms with Gasteiger partial charge in [-0.3, -0.25) is 14.1 Å². The fourth-order valence-corrected chi connectivity index (χ4v) is 6.13. The number of rotatable bonds is 11. The van der Waals surface area contributed by atoms with E-state index in [-0.39, 0.29) is 17.9 Å². The summed E-state index contributed by atoms with van der Waals surface area (Å²) in [5, 5.41) is 6.30. The lowest BCUT2D eigenvalue weighted by atomic mass is 9.86. The lowest BCUT2D eigenvalue weighted by Crippen LogP contribution is -2.28. The van der Waals surface area contributed by atoms with Gasteiger partial charge in [0, 0.05) is 22.8 Å². The Morgan fingerprint density at radius 1 is 0.760 bits per heavy atom. The molecule has 0 aromatic heterocycles. The Morgan fingerprint density at radius 3 is 1.86 bits per heavy atom. The van der Waals surface area contributed by atoms with Crippen LogP contribution in [0.15, 0.2) is 115 Å². The molecule has 5 aromatic carbocycles. The minimum Gasteiger partial charge on any atom is -0.351 e. The molecule has 7 nitrogen and oxygen atoms in total. The number of carbonyl (C=O) groups excluding carboxylic acids is 2. The third-order valence-corrected chi connectivity index (χ3v) is 9.80. The second kappa shape index (κ2) is 15.4. The molecule has 0 aliphatic carbocycles. The molecule has 5 rings (SSSR count). The molecule has 0 radical (unpaired) electrons. The van der Waals surface area contributed by atoms with Gasteiger partial charge in [-0.2, -0.15) is 8.42 Å². The lowest BCUT2D eigenvalue weighted by Gasteiger charge is -2.20. The zero-order chi connectivity index (χ0) is 36.1. The minimum absolute atomic E-state index is 0.0588. The van der Waals surface area contributed by atoms with Crippen LogP contribution < -0.4 is 10.6 Å². The first-order valence-corrected chi connectivity index (χ1v) is 18.4. The summed E-state index contributed by atoms with van der Waals surface area (Å²) in [6, 6.07) is 37.0. The predicted molar refractivity (Wildman–Crippen MR) is 202 cm³/mol. The number of amides is 2. The van der Waals surface area contributed by atoms with Crippen molar-refractivity contribution in [2.45, 2.75) is 45.4 Å². The smallest absolute Gasteiger partial charge is 0.266 e. The van der Waals surface area contributed by atoms with Gasteiger partial charge in [0.15, 0.2) is 0 Å². The minimum atomic E-state index is -4.18. The van der Waals surface area contributed by atoms with Gasteiger partial charge in [0.1, 0.15) is 0 Å². The summed E-state index contributed by atoms with van der Waals surface area (Å²) in [5.74, 6) is -1.74. The Labute approximate surface area is 299 Å². The Bertz CT molecular complexity index is 2070. The first-order valence-electron chi connectivity index (χ1n) is 16.4. The van der Waals surface area contributed by atoms with Crippen LogP contribution in [0.5, 0.6) is 0 Å². The van der Waals surface area contributed by atoms with Gasteiger partial charge in [-0.05, 0) is 99.7 Å². The summed E-state index contributed by atoms with van der Waals surface area (Å²) in [6.45, 7) is 8.32. The molecule has 50 heavy (non-hydrogen) atoms. The third-order valence-electron chi connectivity index (χ3n) is 8.66. The van der Waals surface area contributed by atoms with Crippen LogP contribution in [-0.4, -0.2) is 37.1 Å². The van der Waals surface area contributed by atoms with Crippen LogP contribution in [0.2, 0.25) is 5.02 Å². The summed E-state index contributed by atoms with van der Waals surface area (Å²) in [7, 11) is -4.18. The maximum Gasteiger partial charge on any atom is 0.266 e. The molecule has 0 aliphatic heterocycles. The molecule has 3 N–H and O–H groups in total. The van der Waals surface area contributed by atoms with E-state index in [1.807, 2.05) is 73.7 Å². The highest BCUT2D eigenvalue weighted by Gasteiger charge is 2.22. The average molecular weight is 709 g/mol. The molecule has 0 spiro atoms. The maximum atomic E-state index is 14.0. The molecule has 0 saturated heterocycles. The van der Waals surface area contributed by atoms with E-state index in [9.17, 15) is 18.0 Å². The van der Waals surface area contributed by atoms with Crippen molar-refractivity contribution in [3.8, 4) is 22.3 Å². The van der Waals surface area contributed by atoms with Crippen LogP contribution in [0, 0.1) is 6.92 Å². The molecule has 0 saturated carbocycles. The number of nitrogens with one attached hydrogen (secondary N) is 2. The highest BCUT2D eigenvalue weighted by Crippen LogP contribution is 2.30. The topological polar surface area (TPSA) is 113 Å². The molecular weight excluding hydrogens is 668 g/mol. The summed E-state index contributed by atoms with van der Waals surface area (Å²) in [6.07, 6.45) is 0.373. The monoisotopic (exact) mass is 708 g/mol. The first kappa shape index (κ1) is 36.5. The molecule has 0 unspecified atom stereocenters. The standard InChI is InChI=1S/C41H41ClN2O5S/c1-27-25-34(17-22-38(27)42)31-15-20-36(21-16-31)44-40(46)37(26-28-5-7-33(8-6-28)39(45)43-23-24-50(47,48)49)32-11-9-29(10-12-32)30-13-18-35(19-14-30)41(2,3)4/h5-22,25,37H,23-24,26H2,1-4H3,(H,43,45)(H,44,46)(H,47,48,49)/t37-/m0/s1. The van der Waals surface area contributed by atoms with E-state index in [1.165, 1.54) is 5.56 Å². The molecule has 258 valence electrons. The van der Waals surface area contributed by atoms with Crippen molar-refractivity contribution in [1.29, 1.82) is 0 Å². The van der Waals surface area contributed by atoms with Gasteiger partial charge in [0.25, 0.3) is 16.0 Å². The molecule has 9 heteroatoms. The van der Waals surface area contributed by atoms with Crippen molar-refractivity contribution in [3.05, 3.63) is 148 Å². The van der Waals surface area contributed by atoms with E-state index in [2.05, 4.69) is 55.7 Å². The van der Waals surface area contributed by atoms with Crippen LogP contribution in [0.3, 0.4) is 0 Å². The molecule has 2 amide bonds. The summed E-state index contributed by atoms with van der Waals surface area (Å²) < 4.78 is 30.9. The van der Waals surface area contributed by atoms with Crippen molar-refractivity contribution in [2.24, 2.45) is 0 Å². The van der Waals surface area contributed by atoms with E-state index >= 15 is 0 Å². The van der Waals surface area contributed by atoms with Crippen molar-refractivity contribution in [1.82, 2.24) is 5.32 Å². The van der Waals surface area contributed by atoms with Crippen molar-refractivity contribution in [3.63, 3.8) is 0 Å². The SMILES string of the molecule is Cc1cc(-c2ccc(NC(=O)[C@@H](Cc3ccc(C(=O)NCCS(=O)(=O)O)cc3)c3ccc(-c4ccc(C(C)(C)C)cc4)cc3)cc2)ccc1Cl. The van der Waals surface area contributed by atoms with Gasteiger partial charge in [-0.15, -0.1) is 0 Å². The molecule has 1 atom stereocenters. The van der Waals surface area contributed by atoms with E-state index in [1.54, 1.807) is 24.3 Å². The normalized spacial score (nSPS) is 12.3. The summed E-state index contributed by atoms with van der Waals surface area (Å²) in [4.78, 5) is 26.5. The number of anilines is 1. The highest BCUT2D eigenvalue weighted by atomic mass is 35.5. The number of halogens is 1. The van der Waals surface area contributed by atoms with E-state index in [0.717, 1.165) is 38.9 Å².